The van der Waals surface area contributed by atoms with Gasteiger partial charge in [-0.2, -0.15) is 0 Å². The van der Waals surface area contributed by atoms with Crippen LogP contribution >= 0.6 is 0 Å². The normalized spacial score (nSPS) is 11.4. The number of allylic oxidation sites excluding steroid dienone is 1. The van der Waals surface area contributed by atoms with Crippen molar-refractivity contribution in [3.63, 3.8) is 0 Å². The fourth-order valence-electron chi connectivity index (χ4n) is 3.26. The lowest BCUT2D eigenvalue weighted by Gasteiger charge is -2.12. The van der Waals surface area contributed by atoms with E-state index in [0.717, 1.165) is 33.4 Å². The fourth-order valence-corrected chi connectivity index (χ4v) is 3.26. The first-order valence-corrected chi connectivity index (χ1v) is 9.30. The number of hydrogen-bond acceptors (Lipinski definition) is 5. The van der Waals surface area contributed by atoms with Gasteiger partial charge in [-0.3, -0.25) is 4.79 Å². The zero-order valence-corrected chi connectivity index (χ0v) is 17.3. The van der Waals surface area contributed by atoms with Gasteiger partial charge in [-0.15, -0.1) is 0 Å². The molecule has 1 aromatic heterocycles. The summed E-state index contributed by atoms with van der Waals surface area (Å²) in [5.74, 6) is 1.92. The summed E-state index contributed by atoms with van der Waals surface area (Å²) in [6.07, 6.45) is 3.26. The molecule has 3 rings (SSSR count). The number of hydrogen-bond donors (Lipinski definition) is 1. The quantitative estimate of drug-likeness (QED) is 0.589. The highest BCUT2D eigenvalue weighted by atomic mass is 16.5. The number of fused-ring (bicyclic) bond motifs is 1. The second-order valence-electron chi connectivity index (χ2n) is 6.49. The zero-order valence-electron chi connectivity index (χ0n) is 17.3. The number of amides is 1. The average Bonchev–Trinajstić information content (AvgIpc) is 3.15. The lowest BCUT2D eigenvalue weighted by molar-refractivity contribution is -0.116. The first-order chi connectivity index (χ1) is 14.0. The molecule has 0 aliphatic carbocycles. The van der Waals surface area contributed by atoms with E-state index in [9.17, 15) is 4.79 Å². The number of carbonyl (C=O) groups excluding carboxylic acids is 1. The first-order valence-electron chi connectivity index (χ1n) is 9.30. The zero-order chi connectivity index (χ0) is 21.0. The molecule has 0 atom stereocenters. The molecule has 0 radical (unpaired) electrons. The summed E-state index contributed by atoms with van der Waals surface area (Å²) in [7, 11) is 4.85. The summed E-state index contributed by atoms with van der Waals surface area (Å²) in [5, 5.41) is 3.66. The van der Waals surface area contributed by atoms with Crippen LogP contribution in [0.3, 0.4) is 0 Å². The van der Waals surface area contributed by atoms with Gasteiger partial charge >= 0.3 is 0 Å². The molecule has 0 spiro atoms. The van der Waals surface area contributed by atoms with Gasteiger partial charge in [0.1, 0.15) is 22.8 Å². The minimum atomic E-state index is -0.144. The molecule has 1 N–H and O–H groups in total. The predicted octanol–water partition coefficient (Wildman–Crippen LogP) is 4.67. The summed E-state index contributed by atoms with van der Waals surface area (Å²) >= 11 is 0. The molecule has 152 valence electrons. The van der Waals surface area contributed by atoms with Crippen LogP contribution in [-0.4, -0.2) is 33.8 Å². The summed E-state index contributed by atoms with van der Waals surface area (Å²) in [6, 6.07) is 9.41. The van der Waals surface area contributed by atoms with Gasteiger partial charge in [0, 0.05) is 40.8 Å². The molecule has 1 amide bonds. The summed E-state index contributed by atoms with van der Waals surface area (Å²) < 4.78 is 22.2. The van der Waals surface area contributed by atoms with Crippen molar-refractivity contribution in [2.24, 2.45) is 0 Å². The van der Waals surface area contributed by atoms with Crippen molar-refractivity contribution in [3.8, 4) is 28.4 Å². The second-order valence-corrected chi connectivity index (χ2v) is 6.49. The molecule has 0 aliphatic rings. The topological polar surface area (TPSA) is 69.9 Å². The van der Waals surface area contributed by atoms with E-state index in [0.29, 0.717) is 23.6 Å². The number of rotatable bonds is 7. The molecular weight excluding hydrogens is 370 g/mol. The van der Waals surface area contributed by atoms with Crippen molar-refractivity contribution in [2.45, 2.75) is 13.8 Å². The molecule has 0 saturated heterocycles. The Hall–Kier alpha value is -3.41. The number of benzene rings is 2. The Morgan fingerprint density at radius 1 is 1.03 bits per heavy atom. The van der Waals surface area contributed by atoms with Gasteiger partial charge in [0.15, 0.2) is 0 Å². The molecule has 0 fully saturated rings. The van der Waals surface area contributed by atoms with Crippen LogP contribution in [0.4, 0.5) is 0 Å². The molecule has 6 heteroatoms. The Morgan fingerprint density at radius 2 is 1.79 bits per heavy atom. The summed E-state index contributed by atoms with van der Waals surface area (Å²) in [6.45, 7) is 4.33. The summed E-state index contributed by atoms with van der Waals surface area (Å²) in [4.78, 5) is 12.0. The molecular formula is C23H25NO5. The Labute approximate surface area is 170 Å². The van der Waals surface area contributed by atoms with Gasteiger partial charge in [0.05, 0.1) is 27.6 Å². The monoisotopic (exact) mass is 395 g/mol. The van der Waals surface area contributed by atoms with Gasteiger partial charge in [-0.1, -0.05) is 0 Å². The van der Waals surface area contributed by atoms with E-state index in [1.165, 1.54) is 0 Å². The summed E-state index contributed by atoms with van der Waals surface area (Å²) in [5.41, 5.74) is 4.00. The van der Waals surface area contributed by atoms with Gasteiger partial charge in [0.2, 0.25) is 5.91 Å². The maximum atomic E-state index is 12.0. The van der Waals surface area contributed by atoms with E-state index in [-0.39, 0.29) is 5.91 Å². The number of ether oxygens (including phenoxy) is 3. The van der Waals surface area contributed by atoms with Crippen LogP contribution in [0, 0.1) is 0 Å². The highest BCUT2D eigenvalue weighted by molar-refractivity contribution is 6.01. The molecule has 0 unspecified atom stereocenters. The highest BCUT2D eigenvalue weighted by Crippen LogP contribution is 2.41. The number of carbonyl (C=O) groups is 1. The van der Waals surface area contributed by atoms with Crippen LogP contribution in [0.2, 0.25) is 0 Å². The van der Waals surface area contributed by atoms with E-state index in [1.807, 2.05) is 44.2 Å². The van der Waals surface area contributed by atoms with E-state index in [4.69, 9.17) is 18.6 Å². The molecule has 0 saturated carbocycles. The standard InChI is InChI=1S/C23H25NO5/c1-6-24-23(25)9-14(2)16-11-18-19(13-29-22(18)12-21(16)28-5)17-10-15(26-3)7-8-20(17)27-4/h7-13H,6H2,1-5H3,(H,24,25)/b14-9+. The van der Waals surface area contributed by atoms with Crippen molar-refractivity contribution in [1.82, 2.24) is 5.32 Å². The molecule has 1 heterocycles. The van der Waals surface area contributed by atoms with Crippen molar-refractivity contribution >= 4 is 22.4 Å². The largest absolute Gasteiger partial charge is 0.497 e. The number of likely N-dealkylation sites (N-methyl/N-ethyl adjacent to an activating group) is 1. The average molecular weight is 395 g/mol. The van der Waals surface area contributed by atoms with Crippen LogP contribution in [-0.2, 0) is 4.79 Å². The third-order valence-electron chi connectivity index (χ3n) is 4.72. The Balaban J connectivity index is 2.19. The van der Waals surface area contributed by atoms with E-state index in [2.05, 4.69) is 5.32 Å². The minimum absolute atomic E-state index is 0.144. The molecule has 3 aromatic rings. The van der Waals surface area contributed by atoms with Gasteiger partial charge < -0.3 is 23.9 Å². The third-order valence-corrected chi connectivity index (χ3v) is 4.72. The maximum absolute atomic E-state index is 12.0. The van der Waals surface area contributed by atoms with E-state index in [1.54, 1.807) is 33.7 Å². The Morgan fingerprint density at radius 3 is 2.45 bits per heavy atom. The highest BCUT2D eigenvalue weighted by Gasteiger charge is 2.17. The second kappa shape index (κ2) is 8.73. The number of methoxy groups -OCH3 is 3. The Bertz CT molecular complexity index is 1060. The van der Waals surface area contributed by atoms with Crippen LogP contribution in [0.1, 0.15) is 19.4 Å². The van der Waals surface area contributed by atoms with Crippen LogP contribution in [0.5, 0.6) is 17.2 Å². The van der Waals surface area contributed by atoms with Crippen molar-refractivity contribution < 1.29 is 23.4 Å². The predicted molar refractivity (Wildman–Crippen MR) is 114 cm³/mol. The van der Waals surface area contributed by atoms with Crippen LogP contribution in [0.15, 0.2) is 47.1 Å². The lowest BCUT2D eigenvalue weighted by Crippen LogP contribution is -2.20. The van der Waals surface area contributed by atoms with E-state index >= 15 is 0 Å². The SMILES string of the molecule is CCNC(=O)/C=C(\C)c1cc2c(-c3cc(OC)ccc3OC)coc2cc1OC. The number of furan rings is 1. The van der Waals surface area contributed by atoms with Crippen molar-refractivity contribution in [1.29, 1.82) is 0 Å². The molecule has 2 aromatic carbocycles. The van der Waals surface area contributed by atoms with Crippen molar-refractivity contribution in [3.05, 3.63) is 48.2 Å². The third kappa shape index (κ3) is 4.06. The van der Waals surface area contributed by atoms with Crippen molar-refractivity contribution in [2.75, 3.05) is 27.9 Å². The molecule has 0 aliphatic heterocycles. The molecule has 29 heavy (non-hydrogen) atoms. The maximum Gasteiger partial charge on any atom is 0.244 e. The van der Waals surface area contributed by atoms with Crippen LogP contribution < -0.4 is 19.5 Å². The minimum Gasteiger partial charge on any atom is -0.497 e. The van der Waals surface area contributed by atoms with Gasteiger partial charge in [-0.25, -0.2) is 0 Å². The molecule has 0 bridgehead atoms. The number of nitrogens with one attached hydrogen (secondary N) is 1. The van der Waals surface area contributed by atoms with Gasteiger partial charge in [0.25, 0.3) is 0 Å². The lowest BCUT2D eigenvalue weighted by atomic mass is 9.98. The smallest absolute Gasteiger partial charge is 0.244 e. The van der Waals surface area contributed by atoms with E-state index < -0.39 is 0 Å². The fraction of sp³-hybridized carbons (Fsp3) is 0.261. The van der Waals surface area contributed by atoms with Crippen LogP contribution in [0.25, 0.3) is 27.7 Å². The van der Waals surface area contributed by atoms with Gasteiger partial charge in [-0.05, 0) is 43.7 Å². The molecule has 6 nitrogen and oxygen atoms in total. The first kappa shape index (κ1) is 20.3. The Kier molecular flexibility index (Phi) is 6.12.